The van der Waals surface area contributed by atoms with E-state index in [-0.39, 0.29) is 5.91 Å². The van der Waals surface area contributed by atoms with E-state index in [0.717, 1.165) is 34.9 Å². The zero-order chi connectivity index (χ0) is 18.8. The molecule has 3 aromatic rings. The molecule has 0 fully saturated rings. The average Bonchev–Trinajstić information content (AvgIpc) is 3.11. The molecular formula is C19H22ClN5O. The standard InChI is InChI=1S/C19H22ClN5O/c1-5-24-13(3)17(10-21-24)19(26)22-18-12(2)23-25(14(18)4)11-15-6-8-16(20)9-7-15/h6-10H,5,11H2,1-4H3,(H,22,26). The maximum Gasteiger partial charge on any atom is 0.259 e. The van der Waals surface area contributed by atoms with Crippen molar-refractivity contribution in [1.82, 2.24) is 19.6 Å². The van der Waals surface area contributed by atoms with Crippen LogP contribution in [0.4, 0.5) is 5.69 Å². The monoisotopic (exact) mass is 371 g/mol. The fourth-order valence-corrected chi connectivity index (χ4v) is 3.09. The highest BCUT2D eigenvalue weighted by atomic mass is 35.5. The van der Waals surface area contributed by atoms with E-state index in [1.54, 1.807) is 10.9 Å². The van der Waals surface area contributed by atoms with Crippen LogP contribution in [-0.4, -0.2) is 25.5 Å². The van der Waals surface area contributed by atoms with Crippen molar-refractivity contribution in [2.24, 2.45) is 0 Å². The number of carbonyl (C=O) groups is 1. The van der Waals surface area contributed by atoms with Crippen LogP contribution in [0.2, 0.25) is 5.02 Å². The molecule has 26 heavy (non-hydrogen) atoms. The molecule has 0 aliphatic carbocycles. The first-order chi connectivity index (χ1) is 12.4. The molecule has 0 aliphatic heterocycles. The minimum absolute atomic E-state index is 0.167. The first kappa shape index (κ1) is 18.2. The van der Waals surface area contributed by atoms with Crippen molar-refractivity contribution in [1.29, 1.82) is 0 Å². The van der Waals surface area contributed by atoms with Gasteiger partial charge in [-0.1, -0.05) is 23.7 Å². The van der Waals surface area contributed by atoms with E-state index in [1.165, 1.54) is 0 Å². The van der Waals surface area contributed by atoms with Gasteiger partial charge in [-0.3, -0.25) is 14.2 Å². The number of aryl methyl sites for hydroxylation is 2. The Morgan fingerprint density at radius 2 is 1.81 bits per heavy atom. The van der Waals surface area contributed by atoms with Gasteiger partial charge >= 0.3 is 0 Å². The summed E-state index contributed by atoms with van der Waals surface area (Å²) in [6.45, 7) is 9.09. The molecule has 2 heterocycles. The van der Waals surface area contributed by atoms with Gasteiger partial charge in [-0.25, -0.2) is 0 Å². The van der Waals surface area contributed by atoms with Crippen molar-refractivity contribution in [2.75, 3.05) is 5.32 Å². The summed E-state index contributed by atoms with van der Waals surface area (Å²) in [5.74, 6) is -0.167. The number of nitrogens with one attached hydrogen (secondary N) is 1. The van der Waals surface area contributed by atoms with Crippen molar-refractivity contribution in [2.45, 2.75) is 40.8 Å². The Morgan fingerprint density at radius 1 is 1.12 bits per heavy atom. The average molecular weight is 372 g/mol. The van der Waals surface area contributed by atoms with Crippen molar-refractivity contribution in [3.63, 3.8) is 0 Å². The Morgan fingerprint density at radius 3 is 2.42 bits per heavy atom. The minimum atomic E-state index is -0.167. The van der Waals surface area contributed by atoms with Crippen LogP contribution >= 0.6 is 11.6 Å². The lowest BCUT2D eigenvalue weighted by Gasteiger charge is -2.08. The highest BCUT2D eigenvalue weighted by Gasteiger charge is 2.18. The molecule has 0 saturated heterocycles. The Kier molecular flexibility index (Phi) is 5.13. The van der Waals surface area contributed by atoms with E-state index in [2.05, 4.69) is 15.5 Å². The number of halogens is 1. The summed E-state index contributed by atoms with van der Waals surface area (Å²) < 4.78 is 3.69. The lowest BCUT2D eigenvalue weighted by molar-refractivity contribution is 0.102. The van der Waals surface area contributed by atoms with Gasteiger partial charge in [0.2, 0.25) is 0 Å². The molecule has 0 unspecified atom stereocenters. The topological polar surface area (TPSA) is 64.7 Å². The summed E-state index contributed by atoms with van der Waals surface area (Å²) in [4.78, 5) is 12.7. The van der Waals surface area contributed by atoms with E-state index >= 15 is 0 Å². The molecule has 1 amide bonds. The molecule has 3 rings (SSSR count). The second-order valence-electron chi connectivity index (χ2n) is 6.24. The van der Waals surface area contributed by atoms with Crippen molar-refractivity contribution >= 4 is 23.2 Å². The Labute approximate surface area is 157 Å². The molecule has 136 valence electrons. The van der Waals surface area contributed by atoms with Gasteiger partial charge in [0, 0.05) is 17.3 Å². The van der Waals surface area contributed by atoms with E-state index in [9.17, 15) is 4.79 Å². The van der Waals surface area contributed by atoms with Crippen molar-refractivity contribution in [3.8, 4) is 0 Å². The number of rotatable bonds is 5. The largest absolute Gasteiger partial charge is 0.319 e. The first-order valence-electron chi connectivity index (χ1n) is 8.53. The third-order valence-electron chi connectivity index (χ3n) is 4.51. The second-order valence-corrected chi connectivity index (χ2v) is 6.68. The molecule has 2 aromatic heterocycles. The molecule has 0 radical (unpaired) electrons. The Hall–Kier alpha value is -2.60. The third-order valence-corrected chi connectivity index (χ3v) is 4.76. The predicted molar refractivity (Wildman–Crippen MR) is 103 cm³/mol. The van der Waals surface area contributed by atoms with Gasteiger partial charge in [-0.2, -0.15) is 10.2 Å². The van der Waals surface area contributed by atoms with Gasteiger partial charge in [0.05, 0.1) is 35.4 Å². The fraction of sp³-hybridized carbons (Fsp3) is 0.316. The van der Waals surface area contributed by atoms with E-state index < -0.39 is 0 Å². The van der Waals surface area contributed by atoms with Crippen LogP contribution in [0.3, 0.4) is 0 Å². The van der Waals surface area contributed by atoms with E-state index in [1.807, 2.05) is 56.6 Å². The molecule has 7 heteroatoms. The van der Waals surface area contributed by atoms with Crippen molar-refractivity contribution in [3.05, 3.63) is 63.7 Å². The van der Waals surface area contributed by atoms with Gasteiger partial charge in [0.1, 0.15) is 0 Å². The third kappa shape index (κ3) is 3.51. The number of hydrogen-bond donors (Lipinski definition) is 1. The quantitative estimate of drug-likeness (QED) is 0.737. The maximum absolute atomic E-state index is 12.7. The highest BCUT2D eigenvalue weighted by molar-refractivity contribution is 6.30. The lowest BCUT2D eigenvalue weighted by atomic mass is 10.2. The van der Waals surface area contributed by atoms with Crippen LogP contribution in [0.1, 0.15) is 39.9 Å². The zero-order valence-electron chi connectivity index (χ0n) is 15.4. The number of carbonyl (C=O) groups excluding carboxylic acids is 1. The summed E-state index contributed by atoms with van der Waals surface area (Å²) in [6, 6.07) is 7.66. The molecule has 0 bridgehead atoms. The molecular weight excluding hydrogens is 350 g/mol. The van der Waals surface area contributed by atoms with Crippen LogP contribution < -0.4 is 5.32 Å². The number of aromatic nitrogens is 4. The first-order valence-corrected chi connectivity index (χ1v) is 8.90. The summed E-state index contributed by atoms with van der Waals surface area (Å²) in [5, 5.41) is 12.5. The molecule has 0 aliphatic rings. The van der Waals surface area contributed by atoms with Crippen LogP contribution in [0.5, 0.6) is 0 Å². The zero-order valence-corrected chi connectivity index (χ0v) is 16.1. The lowest BCUT2D eigenvalue weighted by Crippen LogP contribution is -2.14. The molecule has 6 nitrogen and oxygen atoms in total. The normalized spacial score (nSPS) is 11.0. The van der Waals surface area contributed by atoms with Gasteiger partial charge in [-0.15, -0.1) is 0 Å². The molecule has 1 N–H and O–H groups in total. The molecule has 1 aromatic carbocycles. The Balaban J connectivity index is 1.82. The summed E-state index contributed by atoms with van der Waals surface area (Å²) >= 11 is 5.94. The number of nitrogens with zero attached hydrogens (tertiary/aromatic N) is 4. The molecule has 0 atom stereocenters. The van der Waals surface area contributed by atoms with Crippen molar-refractivity contribution < 1.29 is 4.79 Å². The maximum atomic E-state index is 12.7. The number of benzene rings is 1. The summed E-state index contributed by atoms with van der Waals surface area (Å²) in [7, 11) is 0. The predicted octanol–water partition coefficient (Wildman–Crippen LogP) is 3.98. The van der Waals surface area contributed by atoms with Crippen LogP contribution in [0.25, 0.3) is 0 Å². The van der Waals surface area contributed by atoms with Gasteiger partial charge in [-0.05, 0) is 45.4 Å². The van der Waals surface area contributed by atoms with E-state index in [4.69, 9.17) is 11.6 Å². The smallest absolute Gasteiger partial charge is 0.259 e. The van der Waals surface area contributed by atoms with Crippen LogP contribution in [0.15, 0.2) is 30.5 Å². The number of hydrogen-bond acceptors (Lipinski definition) is 3. The molecule has 0 spiro atoms. The SMILES string of the molecule is CCn1ncc(C(=O)Nc2c(C)nn(Cc3ccc(Cl)cc3)c2C)c1C. The number of amides is 1. The van der Waals surface area contributed by atoms with Crippen LogP contribution in [-0.2, 0) is 13.1 Å². The summed E-state index contributed by atoms with van der Waals surface area (Å²) in [6.07, 6.45) is 1.61. The van der Waals surface area contributed by atoms with Crippen LogP contribution in [0, 0.1) is 20.8 Å². The molecule has 0 saturated carbocycles. The number of anilines is 1. The second kappa shape index (κ2) is 7.33. The van der Waals surface area contributed by atoms with Gasteiger partial charge < -0.3 is 5.32 Å². The Bertz CT molecular complexity index is 940. The summed E-state index contributed by atoms with van der Waals surface area (Å²) in [5.41, 5.74) is 4.97. The van der Waals surface area contributed by atoms with Gasteiger partial charge in [0.15, 0.2) is 0 Å². The fourth-order valence-electron chi connectivity index (χ4n) is 2.96. The van der Waals surface area contributed by atoms with E-state index in [0.29, 0.717) is 17.1 Å². The van der Waals surface area contributed by atoms with Gasteiger partial charge in [0.25, 0.3) is 5.91 Å². The minimum Gasteiger partial charge on any atom is -0.319 e. The highest BCUT2D eigenvalue weighted by Crippen LogP contribution is 2.22.